The van der Waals surface area contributed by atoms with Gasteiger partial charge in [-0.3, -0.25) is 4.99 Å². The van der Waals surface area contributed by atoms with Crippen molar-refractivity contribution in [1.29, 1.82) is 0 Å². The van der Waals surface area contributed by atoms with Gasteiger partial charge in [0, 0.05) is 23.7 Å². The van der Waals surface area contributed by atoms with Crippen molar-refractivity contribution in [3.8, 4) is 0 Å². The first-order valence-electron chi connectivity index (χ1n) is 5.23. The van der Waals surface area contributed by atoms with Gasteiger partial charge < -0.3 is 5.32 Å². The molecule has 0 spiro atoms. The molecule has 78 valence electrons. The van der Waals surface area contributed by atoms with Gasteiger partial charge in [0.25, 0.3) is 0 Å². The Morgan fingerprint density at radius 3 is 2.94 bits per heavy atom. The standard InChI is InChI=1S/C13H11N3/c1-2-7-15-13(6-1)16-12-5-3-4-10-8-14-9-11(10)12/h1-7,9H,8H2,(H,15,16). The van der Waals surface area contributed by atoms with E-state index in [1.165, 1.54) is 11.1 Å². The first-order chi connectivity index (χ1) is 7.93. The first-order valence-corrected chi connectivity index (χ1v) is 5.23. The van der Waals surface area contributed by atoms with Crippen LogP contribution in [0.4, 0.5) is 11.5 Å². The summed E-state index contributed by atoms with van der Waals surface area (Å²) in [6.07, 6.45) is 3.69. The largest absolute Gasteiger partial charge is 0.340 e. The number of aromatic nitrogens is 1. The maximum atomic E-state index is 4.27. The Labute approximate surface area is 93.9 Å². The van der Waals surface area contributed by atoms with E-state index in [1.54, 1.807) is 6.20 Å². The van der Waals surface area contributed by atoms with Crippen LogP contribution >= 0.6 is 0 Å². The average Bonchev–Trinajstić information content (AvgIpc) is 2.80. The molecule has 1 aliphatic heterocycles. The highest BCUT2D eigenvalue weighted by atomic mass is 15.0. The minimum absolute atomic E-state index is 0.785. The molecule has 1 aromatic heterocycles. The van der Waals surface area contributed by atoms with E-state index in [2.05, 4.69) is 21.4 Å². The third-order valence-electron chi connectivity index (χ3n) is 2.61. The smallest absolute Gasteiger partial charge is 0.130 e. The molecule has 0 radical (unpaired) electrons. The third kappa shape index (κ3) is 1.56. The molecule has 2 heterocycles. The fourth-order valence-corrected chi connectivity index (χ4v) is 1.82. The first kappa shape index (κ1) is 9.09. The molecule has 3 heteroatoms. The van der Waals surface area contributed by atoms with Crippen LogP contribution in [-0.4, -0.2) is 11.2 Å². The van der Waals surface area contributed by atoms with Crippen LogP contribution in [-0.2, 0) is 6.54 Å². The second kappa shape index (κ2) is 3.77. The van der Waals surface area contributed by atoms with Crippen molar-refractivity contribution < 1.29 is 0 Å². The molecule has 0 unspecified atom stereocenters. The summed E-state index contributed by atoms with van der Waals surface area (Å²) in [5.74, 6) is 0.858. The zero-order chi connectivity index (χ0) is 10.8. The lowest BCUT2D eigenvalue weighted by molar-refractivity contribution is 1.11. The van der Waals surface area contributed by atoms with Gasteiger partial charge in [-0.05, 0) is 23.8 Å². The van der Waals surface area contributed by atoms with Gasteiger partial charge in [0.05, 0.1) is 6.54 Å². The lowest BCUT2D eigenvalue weighted by Gasteiger charge is -2.08. The van der Waals surface area contributed by atoms with Crippen LogP contribution in [0.5, 0.6) is 0 Å². The van der Waals surface area contributed by atoms with Crippen molar-refractivity contribution >= 4 is 17.7 Å². The zero-order valence-corrected chi connectivity index (χ0v) is 8.72. The highest BCUT2D eigenvalue weighted by Crippen LogP contribution is 2.25. The Hall–Kier alpha value is -2.16. The van der Waals surface area contributed by atoms with Crippen LogP contribution in [0.2, 0.25) is 0 Å². The molecule has 2 aromatic rings. The molecule has 0 saturated heterocycles. The molecule has 0 aliphatic carbocycles. The van der Waals surface area contributed by atoms with E-state index < -0.39 is 0 Å². The van der Waals surface area contributed by atoms with Gasteiger partial charge in [-0.15, -0.1) is 0 Å². The predicted octanol–water partition coefficient (Wildman–Crippen LogP) is 2.76. The Morgan fingerprint density at radius 2 is 2.06 bits per heavy atom. The van der Waals surface area contributed by atoms with Gasteiger partial charge in [0.2, 0.25) is 0 Å². The summed E-state index contributed by atoms with van der Waals surface area (Å²) < 4.78 is 0. The number of aliphatic imine (C=N–C) groups is 1. The highest BCUT2D eigenvalue weighted by Gasteiger charge is 2.10. The maximum Gasteiger partial charge on any atom is 0.130 e. The van der Waals surface area contributed by atoms with Gasteiger partial charge in [-0.1, -0.05) is 18.2 Å². The second-order valence-corrected chi connectivity index (χ2v) is 3.69. The quantitative estimate of drug-likeness (QED) is 0.825. The van der Waals surface area contributed by atoms with Gasteiger partial charge >= 0.3 is 0 Å². The molecule has 16 heavy (non-hydrogen) atoms. The zero-order valence-electron chi connectivity index (χ0n) is 8.72. The van der Waals surface area contributed by atoms with Crippen molar-refractivity contribution in [2.45, 2.75) is 6.54 Å². The highest BCUT2D eigenvalue weighted by molar-refractivity contribution is 5.92. The maximum absolute atomic E-state index is 4.27. The molecule has 0 fully saturated rings. The normalized spacial score (nSPS) is 12.5. The number of nitrogens with zero attached hydrogens (tertiary/aromatic N) is 2. The fourth-order valence-electron chi connectivity index (χ4n) is 1.82. The monoisotopic (exact) mass is 209 g/mol. The van der Waals surface area contributed by atoms with Crippen molar-refractivity contribution in [2.75, 3.05) is 5.32 Å². The van der Waals surface area contributed by atoms with Gasteiger partial charge in [-0.25, -0.2) is 4.98 Å². The van der Waals surface area contributed by atoms with Crippen LogP contribution in [0.3, 0.4) is 0 Å². The number of anilines is 2. The molecular formula is C13H11N3. The van der Waals surface area contributed by atoms with E-state index in [9.17, 15) is 0 Å². The number of fused-ring (bicyclic) bond motifs is 1. The van der Waals surface area contributed by atoms with Crippen LogP contribution in [0, 0.1) is 0 Å². The van der Waals surface area contributed by atoms with E-state index in [1.807, 2.05) is 36.5 Å². The lowest BCUT2D eigenvalue weighted by atomic mass is 10.1. The lowest BCUT2D eigenvalue weighted by Crippen LogP contribution is -1.97. The molecule has 0 atom stereocenters. The SMILES string of the molecule is C1=NCc2cccc(Nc3ccccn3)c21. The van der Waals surface area contributed by atoms with E-state index in [0.29, 0.717) is 0 Å². The molecule has 0 saturated carbocycles. The van der Waals surface area contributed by atoms with Crippen LogP contribution < -0.4 is 5.32 Å². The second-order valence-electron chi connectivity index (χ2n) is 3.69. The molecule has 3 nitrogen and oxygen atoms in total. The number of rotatable bonds is 2. The van der Waals surface area contributed by atoms with Crippen LogP contribution in [0.15, 0.2) is 47.6 Å². The van der Waals surface area contributed by atoms with E-state index >= 15 is 0 Å². The number of hydrogen-bond acceptors (Lipinski definition) is 3. The van der Waals surface area contributed by atoms with Gasteiger partial charge in [-0.2, -0.15) is 0 Å². The van der Waals surface area contributed by atoms with Gasteiger partial charge in [0.1, 0.15) is 5.82 Å². The Balaban J connectivity index is 1.97. The number of pyridine rings is 1. The summed E-state index contributed by atoms with van der Waals surface area (Å²) in [5.41, 5.74) is 3.51. The summed E-state index contributed by atoms with van der Waals surface area (Å²) in [7, 11) is 0. The number of nitrogens with one attached hydrogen (secondary N) is 1. The molecule has 0 amide bonds. The van der Waals surface area contributed by atoms with E-state index in [-0.39, 0.29) is 0 Å². The Kier molecular flexibility index (Phi) is 2.14. The van der Waals surface area contributed by atoms with Crippen molar-refractivity contribution in [1.82, 2.24) is 4.98 Å². The van der Waals surface area contributed by atoms with E-state index in [4.69, 9.17) is 0 Å². The van der Waals surface area contributed by atoms with Crippen LogP contribution in [0.25, 0.3) is 0 Å². The van der Waals surface area contributed by atoms with Crippen molar-refractivity contribution in [2.24, 2.45) is 4.99 Å². The molecule has 1 N–H and O–H groups in total. The third-order valence-corrected chi connectivity index (χ3v) is 2.61. The van der Waals surface area contributed by atoms with Gasteiger partial charge in [0.15, 0.2) is 0 Å². The van der Waals surface area contributed by atoms with E-state index in [0.717, 1.165) is 18.1 Å². The summed E-state index contributed by atoms with van der Waals surface area (Å²) >= 11 is 0. The summed E-state index contributed by atoms with van der Waals surface area (Å²) in [6.45, 7) is 0.785. The summed E-state index contributed by atoms with van der Waals surface area (Å²) in [4.78, 5) is 8.51. The minimum atomic E-state index is 0.785. The summed E-state index contributed by atoms with van der Waals surface area (Å²) in [5, 5.41) is 3.30. The van der Waals surface area contributed by atoms with Crippen molar-refractivity contribution in [3.63, 3.8) is 0 Å². The topological polar surface area (TPSA) is 37.3 Å². The Morgan fingerprint density at radius 1 is 1.06 bits per heavy atom. The minimum Gasteiger partial charge on any atom is -0.340 e. The molecule has 1 aliphatic rings. The molecular weight excluding hydrogens is 198 g/mol. The molecule has 0 bridgehead atoms. The molecule has 3 rings (SSSR count). The number of benzene rings is 1. The van der Waals surface area contributed by atoms with Crippen LogP contribution in [0.1, 0.15) is 11.1 Å². The number of hydrogen-bond donors (Lipinski definition) is 1. The van der Waals surface area contributed by atoms with Crippen molar-refractivity contribution in [3.05, 3.63) is 53.7 Å². The Bertz CT molecular complexity index is 532. The summed E-state index contributed by atoms with van der Waals surface area (Å²) in [6, 6.07) is 12.0. The average molecular weight is 209 g/mol. The molecule has 1 aromatic carbocycles. The fraction of sp³-hybridized carbons (Fsp3) is 0.0769. The predicted molar refractivity (Wildman–Crippen MR) is 65.3 cm³/mol.